The van der Waals surface area contributed by atoms with E-state index in [9.17, 15) is 4.79 Å². The number of aromatic nitrogens is 5. The van der Waals surface area contributed by atoms with Crippen molar-refractivity contribution < 1.29 is 9.32 Å². The topological polar surface area (TPSA) is 110 Å². The van der Waals surface area contributed by atoms with E-state index in [1.165, 1.54) is 6.33 Å². The van der Waals surface area contributed by atoms with Crippen molar-refractivity contribution in [2.24, 2.45) is 5.92 Å². The Morgan fingerprint density at radius 2 is 2.24 bits per heavy atom. The van der Waals surface area contributed by atoms with Crippen molar-refractivity contribution >= 4 is 11.6 Å². The van der Waals surface area contributed by atoms with Crippen LogP contribution in [0.1, 0.15) is 42.8 Å². The summed E-state index contributed by atoms with van der Waals surface area (Å²) in [5.74, 6) is 2.51. The molecule has 0 bridgehead atoms. The van der Waals surface area contributed by atoms with Gasteiger partial charge in [0, 0.05) is 29.0 Å². The molecule has 2 aliphatic carbocycles. The Labute approximate surface area is 143 Å². The van der Waals surface area contributed by atoms with Gasteiger partial charge in [0.05, 0.1) is 0 Å². The van der Waals surface area contributed by atoms with E-state index in [-0.39, 0.29) is 17.7 Å². The van der Waals surface area contributed by atoms with E-state index in [1.54, 1.807) is 0 Å². The van der Waals surface area contributed by atoms with Crippen LogP contribution in [-0.4, -0.2) is 31.2 Å². The second-order valence-corrected chi connectivity index (χ2v) is 6.62. The highest BCUT2D eigenvalue weighted by molar-refractivity contribution is 5.95. The number of amides is 1. The maximum Gasteiger partial charge on any atom is 0.230 e. The van der Waals surface area contributed by atoms with E-state index >= 15 is 0 Å². The monoisotopic (exact) mass is 336 g/mol. The Bertz CT molecular complexity index is 915. The second kappa shape index (κ2) is 5.51. The van der Waals surface area contributed by atoms with Gasteiger partial charge in [-0.15, -0.1) is 0 Å². The molecule has 5 rings (SSSR count). The number of aromatic amines is 1. The van der Waals surface area contributed by atoms with Gasteiger partial charge in [-0.3, -0.25) is 9.89 Å². The number of anilines is 1. The van der Waals surface area contributed by atoms with E-state index in [0.29, 0.717) is 17.6 Å². The minimum absolute atomic E-state index is 0.00895. The van der Waals surface area contributed by atoms with Gasteiger partial charge >= 0.3 is 0 Å². The molecule has 0 spiro atoms. The summed E-state index contributed by atoms with van der Waals surface area (Å²) in [6.45, 7) is 0. The van der Waals surface area contributed by atoms with Crippen molar-refractivity contribution in [3.8, 4) is 11.4 Å². The Morgan fingerprint density at radius 1 is 1.32 bits per heavy atom. The zero-order valence-corrected chi connectivity index (χ0v) is 13.3. The van der Waals surface area contributed by atoms with Gasteiger partial charge in [0.25, 0.3) is 0 Å². The average molecular weight is 336 g/mol. The number of hydrogen-bond acceptors (Lipinski definition) is 6. The molecule has 1 aromatic carbocycles. The first-order chi connectivity index (χ1) is 12.3. The fourth-order valence-corrected chi connectivity index (χ4v) is 3.00. The third-order valence-electron chi connectivity index (χ3n) is 4.67. The summed E-state index contributed by atoms with van der Waals surface area (Å²) >= 11 is 0. The Kier molecular flexibility index (Phi) is 3.16. The quantitative estimate of drug-likeness (QED) is 0.740. The van der Waals surface area contributed by atoms with Gasteiger partial charge in [-0.25, -0.2) is 4.98 Å². The van der Waals surface area contributed by atoms with Crippen LogP contribution in [0.4, 0.5) is 5.69 Å². The largest absolute Gasteiger partial charge is 0.339 e. The van der Waals surface area contributed by atoms with Crippen molar-refractivity contribution in [1.82, 2.24) is 25.3 Å². The average Bonchev–Trinajstić information content (AvgIpc) is 3.53. The first-order valence-electron chi connectivity index (χ1n) is 8.38. The molecule has 8 heteroatoms. The van der Waals surface area contributed by atoms with Gasteiger partial charge in [0.15, 0.2) is 0 Å². The molecule has 2 saturated carbocycles. The van der Waals surface area contributed by atoms with Crippen LogP contribution in [0.3, 0.4) is 0 Å². The number of H-pyrrole nitrogens is 1. The Balaban J connectivity index is 1.29. The van der Waals surface area contributed by atoms with Gasteiger partial charge in [0.1, 0.15) is 12.2 Å². The molecule has 2 aromatic heterocycles. The van der Waals surface area contributed by atoms with Crippen molar-refractivity contribution in [3.05, 3.63) is 42.3 Å². The number of rotatable bonds is 5. The summed E-state index contributed by atoms with van der Waals surface area (Å²) < 4.78 is 5.30. The Hall–Kier alpha value is -3.03. The van der Waals surface area contributed by atoms with Crippen molar-refractivity contribution in [2.45, 2.75) is 31.1 Å². The lowest BCUT2D eigenvalue weighted by atomic mass is 10.2. The summed E-state index contributed by atoms with van der Waals surface area (Å²) in [5.41, 5.74) is 1.56. The van der Waals surface area contributed by atoms with E-state index in [4.69, 9.17) is 4.52 Å². The van der Waals surface area contributed by atoms with Crippen molar-refractivity contribution in [3.63, 3.8) is 0 Å². The number of benzene rings is 1. The summed E-state index contributed by atoms with van der Waals surface area (Å²) in [6, 6.07) is 7.50. The maximum absolute atomic E-state index is 12.4. The van der Waals surface area contributed by atoms with Gasteiger partial charge < -0.3 is 9.84 Å². The van der Waals surface area contributed by atoms with Crippen molar-refractivity contribution in [1.29, 1.82) is 0 Å². The summed E-state index contributed by atoms with van der Waals surface area (Å²) in [5, 5.41) is 13.7. The molecule has 126 valence electrons. The fraction of sp³-hybridized carbons (Fsp3) is 0.353. The van der Waals surface area contributed by atoms with Gasteiger partial charge in [-0.1, -0.05) is 17.3 Å². The van der Waals surface area contributed by atoms with Crippen LogP contribution in [0.25, 0.3) is 11.4 Å². The minimum Gasteiger partial charge on any atom is -0.339 e. The highest BCUT2D eigenvalue weighted by Gasteiger charge is 2.46. The third kappa shape index (κ3) is 2.79. The van der Waals surface area contributed by atoms with Crippen LogP contribution in [0.2, 0.25) is 0 Å². The zero-order chi connectivity index (χ0) is 16.8. The second-order valence-electron chi connectivity index (χ2n) is 6.62. The predicted molar refractivity (Wildman–Crippen MR) is 87.6 cm³/mol. The molecule has 2 heterocycles. The number of carbonyl (C=O) groups excluding carboxylic acids is 1. The van der Waals surface area contributed by atoms with Crippen LogP contribution in [-0.2, 0) is 4.79 Å². The van der Waals surface area contributed by atoms with E-state index in [1.807, 2.05) is 24.3 Å². The Morgan fingerprint density at radius 3 is 3.04 bits per heavy atom. The molecule has 0 saturated heterocycles. The molecule has 2 atom stereocenters. The van der Waals surface area contributed by atoms with Crippen molar-refractivity contribution in [2.75, 3.05) is 5.32 Å². The minimum atomic E-state index is -0.0664. The maximum atomic E-state index is 12.4. The summed E-state index contributed by atoms with van der Waals surface area (Å²) in [4.78, 5) is 21.0. The van der Waals surface area contributed by atoms with Crippen LogP contribution in [0, 0.1) is 5.92 Å². The summed E-state index contributed by atoms with van der Waals surface area (Å²) in [6.07, 6.45) is 4.49. The third-order valence-corrected chi connectivity index (χ3v) is 4.67. The smallest absolute Gasteiger partial charge is 0.230 e. The highest BCUT2D eigenvalue weighted by atomic mass is 16.5. The van der Waals surface area contributed by atoms with Gasteiger partial charge in [0.2, 0.25) is 17.6 Å². The standard InChI is InChI=1S/C17H16N6O2/c24-16(13-7-12(13)15-18-8-19-22-15)20-11-3-1-2-10(6-11)14-21-17(25-23-14)9-4-5-9/h1-3,6,8-9,12-13H,4-5,7H2,(H,20,24)(H,18,19,22)/t12-,13+/m1/s1. The lowest BCUT2D eigenvalue weighted by molar-refractivity contribution is -0.117. The predicted octanol–water partition coefficient (Wildman–Crippen LogP) is 2.47. The molecule has 0 radical (unpaired) electrons. The van der Waals surface area contributed by atoms with E-state index in [2.05, 4.69) is 30.6 Å². The molecular formula is C17H16N6O2. The molecule has 0 unspecified atom stereocenters. The number of hydrogen-bond donors (Lipinski definition) is 2. The van der Waals surface area contributed by atoms with Crippen LogP contribution < -0.4 is 5.32 Å². The van der Waals surface area contributed by atoms with Crippen LogP contribution >= 0.6 is 0 Å². The van der Waals surface area contributed by atoms with Gasteiger partial charge in [-0.05, 0) is 31.4 Å². The van der Waals surface area contributed by atoms with Gasteiger partial charge in [-0.2, -0.15) is 10.1 Å². The van der Waals surface area contributed by atoms with E-state index < -0.39 is 0 Å². The highest BCUT2D eigenvalue weighted by Crippen LogP contribution is 2.46. The van der Waals surface area contributed by atoms with Crippen LogP contribution in [0.15, 0.2) is 35.1 Å². The molecule has 25 heavy (non-hydrogen) atoms. The number of carbonyl (C=O) groups is 1. The molecule has 2 fully saturated rings. The fourth-order valence-electron chi connectivity index (χ4n) is 3.00. The lowest BCUT2D eigenvalue weighted by Crippen LogP contribution is -2.14. The first kappa shape index (κ1) is 14.3. The zero-order valence-electron chi connectivity index (χ0n) is 13.3. The molecule has 1 amide bonds. The summed E-state index contributed by atoms with van der Waals surface area (Å²) in [7, 11) is 0. The molecule has 2 aliphatic rings. The molecule has 0 aliphatic heterocycles. The normalized spacial score (nSPS) is 21.9. The molecule has 2 N–H and O–H groups in total. The van der Waals surface area contributed by atoms with Crippen LogP contribution in [0.5, 0.6) is 0 Å². The lowest BCUT2D eigenvalue weighted by Gasteiger charge is -2.05. The SMILES string of the molecule is O=C(Nc1cccc(-c2noc(C3CC3)n2)c1)[C@H]1C[C@H]1c1ncn[nH]1. The first-order valence-corrected chi connectivity index (χ1v) is 8.38. The molecule has 3 aromatic rings. The molecular weight excluding hydrogens is 320 g/mol. The van der Waals surface area contributed by atoms with E-state index in [0.717, 1.165) is 36.3 Å². The molecule has 8 nitrogen and oxygen atoms in total. The number of nitrogens with zero attached hydrogens (tertiary/aromatic N) is 4. The number of nitrogens with one attached hydrogen (secondary N) is 2.